The van der Waals surface area contributed by atoms with E-state index in [2.05, 4.69) is 11.4 Å². The van der Waals surface area contributed by atoms with E-state index in [1.165, 1.54) is 57.8 Å². The van der Waals surface area contributed by atoms with Gasteiger partial charge < -0.3 is 0 Å². The second kappa shape index (κ2) is 5.68. The summed E-state index contributed by atoms with van der Waals surface area (Å²) in [5.74, 6) is 0. The molecular formula is C14H24N2. The SMILES string of the molecule is N#CC1(NC2CCCCCC2)CCCCC1. The molecule has 0 bridgehead atoms. The molecule has 2 rings (SSSR count). The lowest BCUT2D eigenvalue weighted by Gasteiger charge is -2.35. The van der Waals surface area contributed by atoms with Crippen LogP contribution in [0.2, 0.25) is 0 Å². The van der Waals surface area contributed by atoms with Gasteiger partial charge in [-0.1, -0.05) is 44.9 Å². The highest BCUT2D eigenvalue weighted by molar-refractivity contribution is 5.09. The second-order valence-electron chi connectivity index (χ2n) is 5.59. The standard InChI is InChI=1S/C14H24N2/c15-12-14(10-6-3-7-11-14)16-13-8-4-1-2-5-9-13/h13,16H,1-11H2. The molecule has 0 aromatic rings. The monoisotopic (exact) mass is 220 g/mol. The van der Waals surface area contributed by atoms with Gasteiger partial charge in [-0.15, -0.1) is 0 Å². The Labute approximate surface area is 99.4 Å². The van der Waals surface area contributed by atoms with Gasteiger partial charge in [0.2, 0.25) is 0 Å². The molecule has 90 valence electrons. The first-order valence-corrected chi connectivity index (χ1v) is 7.04. The number of nitrogens with zero attached hydrogens (tertiary/aromatic N) is 1. The lowest BCUT2D eigenvalue weighted by molar-refractivity contribution is 0.256. The Kier molecular flexibility index (Phi) is 4.23. The summed E-state index contributed by atoms with van der Waals surface area (Å²) in [6, 6.07) is 3.19. The molecule has 2 heteroatoms. The summed E-state index contributed by atoms with van der Waals surface area (Å²) in [5.41, 5.74) is -0.173. The van der Waals surface area contributed by atoms with Gasteiger partial charge in [-0.2, -0.15) is 5.26 Å². The smallest absolute Gasteiger partial charge is 0.106 e. The van der Waals surface area contributed by atoms with Crippen LogP contribution in [0, 0.1) is 11.3 Å². The minimum Gasteiger partial charge on any atom is -0.297 e. The average Bonchev–Trinajstić information content (AvgIpc) is 2.59. The van der Waals surface area contributed by atoms with Crippen LogP contribution in [0.4, 0.5) is 0 Å². The van der Waals surface area contributed by atoms with Crippen LogP contribution in [-0.2, 0) is 0 Å². The maximum atomic E-state index is 9.43. The number of rotatable bonds is 2. The van der Waals surface area contributed by atoms with Crippen LogP contribution in [0.1, 0.15) is 70.6 Å². The van der Waals surface area contributed by atoms with Crippen LogP contribution in [-0.4, -0.2) is 11.6 Å². The molecule has 0 amide bonds. The van der Waals surface area contributed by atoms with Gasteiger partial charge in [0.1, 0.15) is 5.54 Å². The van der Waals surface area contributed by atoms with E-state index in [9.17, 15) is 5.26 Å². The van der Waals surface area contributed by atoms with E-state index >= 15 is 0 Å². The average molecular weight is 220 g/mol. The van der Waals surface area contributed by atoms with E-state index in [-0.39, 0.29) is 5.54 Å². The first-order chi connectivity index (χ1) is 7.85. The molecule has 0 spiro atoms. The van der Waals surface area contributed by atoms with Gasteiger partial charge in [0.05, 0.1) is 6.07 Å². The zero-order chi connectivity index (χ0) is 11.3. The predicted octanol–water partition coefficient (Wildman–Crippen LogP) is 3.53. The highest BCUT2D eigenvalue weighted by Crippen LogP contribution is 2.30. The molecule has 0 radical (unpaired) electrons. The van der Waals surface area contributed by atoms with Crippen molar-refractivity contribution in [1.29, 1.82) is 5.26 Å². The van der Waals surface area contributed by atoms with Crippen molar-refractivity contribution >= 4 is 0 Å². The van der Waals surface area contributed by atoms with Crippen molar-refractivity contribution in [2.24, 2.45) is 0 Å². The molecule has 2 fully saturated rings. The number of hydrogen-bond acceptors (Lipinski definition) is 2. The summed E-state index contributed by atoms with van der Waals surface area (Å²) in [4.78, 5) is 0. The van der Waals surface area contributed by atoms with E-state index < -0.39 is 0 Å². The van der Waals surface area contributed by atoms with Crippen molar-refractivity contribution < 1.29 is 0 Å². The first kappa shape index (κ1) is 11.9. The summed E-state index contributed by atoms with van der Waals surface area (Å²) in [7, 11) is 0. The summed E-state index contributed by atoms with van der Waals surface area (Å²) < 4.78 is 0. The summed E-state index contributed by atoms with van der Waals surface area (Å²) in [6.07, 6.45) is 13.9. The molecule has 2 aliphatic rings. The molecule has 2 saturated carbocycles. The van der Waals surface area contributed by atoms with Crippen molar-refractivity contribution in [1.82, 2.24) is 5.32 Å². The van der Waals surface area contributed by atoms with Crippen LogP contribution >= 0.6 is 0 Å². The molecule has 16 heavy (non-hydrogen) atoms. The van der Waals surface area contributed by atoms with E-state index in [0.717, 1.165) is 12.8 Å². The van der Waals surface area contributed by atoms with Crippen LogP contribution < -0.4 is 5.32 Å². The van der Waals surface area contributed by atoms with Crippen LogP contribution in [0.15, 0.2) is 0 Å². The van der Waals surface area contributed by atoms with Crippen LogP contribution in [0.5, 0.6) is 0 Å². The van der Waals surface area contributed by atoms with Crippen molar-refractivity contribution in [2.45, 2.75) is 82.2 Å². The lowest BCUT2D eigenvalue weighted by atomic mass is 9.82. The molecule has 0 aromatic carbocycles. The maximum absolute atomic E-state index is 9.43. The third-order valence-electron chi connectivity index (χ3n) is 4.26. The van der Waals surface area contributed by atoms with E-state index in [1.807, 2.05) is 0 Å². The minimum absolute atomic E-state index is 0.173. The van der Waals surface area contributed by atoms with Gasteiger partial charge in [0, 0.05) is 6.04 Å². The van der Waals surface area contributed by atoms with Crippen molar-refractivity contribution in [3.05, 3.63) is 0 Å². The van der Waals surface area contributed by atoms with Gasteiger partial charge in [0.25, 0.3) is 0 Å². The number of nitriles is 1. The predicted molar refractivity (Wildman–Crippen MR) is 66.1 cm³/mol. The summed E-state index contributed by atoms with van der Waals surface area (Å²) >= 11 is 0. The number of nitrogens with one attached hydrogen (secondary N) is 1. The molecule has 0 saturated heterocycles. The highest BCUT2D eigenvalue weighted by Gasteiger charge is 2.33. The van der Waals surface area contributed by atoms with Gasteiger partial charge in [0.15, 0.2) is 0 Å². The zero-order valence-corrected chi connectivity index (χ0v) is 10.3. The lowest BCUT2D eigenvalue weighted by Crippen LogP contribution is -2.50. The third-order valence-corrected chi connectivity index (χ3v) is 4.26. The van der Waals surface area contributed by atoms with Gasteiger partial charge in [-0.05, 0) is 25.7 Å². The molecule has 0 aliphatic heterocycles. The van der Waals surface area contributed by atoms with E-state index in [4.69, 9.17) is 0 Å². The van der Waals surface area contributed by atoms with Gasteiger partial charge >= 0.3 is 0 Å². The quantitative estimate of drug-likeness (QED) is 0.723. The fraction of sp³-hybridized carbons (Fsp3) is 0.929. The largest absolute Gasteiger partial charge is 0.297 e. The number of hydrogen-bond donors (Lipinski definition) is 1. The fourth-order valence-electron chi connectivity index (χ4n) is 3.26. The van der Waals surface area contributed by atoms with E-state index in [1.54, 1.807) is 0 Å². The molecule has 0 unspecified atom stereocenters. The van der Waals surface area contributed by atoms with Gasteiger partial charge in [-0.3, -0.25) is 5.32 Å². The van der Waals surface area contributed by atoms with Crippen LogP contribution in [0.3, 0.4) is 0 Å². The summed E-state index contributed by atoms with van der Waals surface area (Å²) in [5, 5.41) is 13.1. The van der Waals surface area contributed by atoms with Crippen LogP contribution in [0.25, 0.3) is 0 Å². The van der Waals surface area contributed by atoms with E-state index in [0.29, 0.717) is 6.04 Å². The Morgan fingerprint density at radius 1 is 0.875 bits per heavy atom. The maximum Gasteiger partial charge on any atom is 0.106 e. The zero-order valence-electron chi connectivity index (χ0n) is 10.3. The normalized spacial score (nSPS) is 26.9. The van der Waals surface area contributed by atoms with Crippen molar-refractivity contribution in [3.63, 3.8) is 0 Å². The molecule has 2 aliphatic carbocycles. The molecule has 2 nitrogen and oxygen atoms in total. The Morgan fingerprint density at radius 2 is 1.44 bits per heavy atom. The second-order valence-corrected chi connectivity index (χ2v) is 5.59. The Balaban J connectivity index is 1.92. The van der Waals surface area contributed by atoms with Crippen molar-refractivity contribution in [2.75, 3.05) is 0 Å². The molecule has 0 heterocycles. The summed E-state index contributed by atoms with van der Waals surface area (Å²) in [6.45, 7) is 0. The Hall–Kier alpha value is -0.550. The Bertz CT molecular complexity index is 240. The van der Waals surface area contributed by atoms with Crippen molar-refractivity contribution in [3.8, 4) is 6.07 Å². The first-order valence-electron chi connectivity index (χ1n) is 7.04. The Morgan fingerprint density at radius 3 is 2.00 bits per heavy atom. The topological polar surface area (TPSA) is 35.8 Å². The van der Waals surface area contributed by atoms with Gasteiger partial charge in [-0.25, -0.2) is 0 Å². The minimum atomic E-state index is -0.173. The molecule has 0 aromatic heterocycles. The highest BCUT2D eigenvalue weighted by atomic mass is 15.0. The molecule has 1 N–H and O–H groups in total. The molecule has 0 atom stereocenters. The third kappa shape index (κ3) is 2.98. The fourth-order valence-corrected chi connectivity index (χ4v) is 3.26. The molecular weight excluding hydrogens is 196 g/mol.